The highest BCUT2D eigenvalue weighted by atomic mass is 16.3. The molecule has 0 radical (unpaired) electrons. The van der Waals surface area contributed by atoms with Gasteiger partial charge in [-0.25, -0.2) is 0 Å². The van der Waals surface area contributed by atoms with Crippen molar-refractivity contribution in [1.29, 1.82) is 0 Å². The fourth-order valence-corrected chi connectivity index (χ4v) is 5.32. The lowest BCUT2D eigenvalue weighted by Gasteiger charge is -2.42. The van der Waals surface area contributed by atoms with E-state index in [1.54, 1.807) is 31.2 Å². The fraction of sp³-hybridized carbons (Fsp3) is 0.304. The maximum Gasteiger partial charge on any atom is 0.231 e. The number of ketones is 2. The summed E-state index contributed by atoms with van der Waals surface area (Å²) in [4.78, 5) is 50.6. The van der Waals surface area contributed by atoms with Crippen LogP contribution in [0.15, 0.2) is 58.7 Å². The summed E-state index contributed by atoms with van der Waals surface area (Å²) in [6, 6.07) is 6.58. The third-order valence-corrected chi connectivity index (χ3v) is 6.63. The zero-order valence-corrected chi connectivity index (χ0v) is 15.8. The number of rotatable bonds is 1. The Balaban J connectivity index is 1.71. The molecule has 2 amide bonds. The quantitative estimate of drug-likeness (QED) is 0.435. The summed E-state index contributed by atoms with van der Waals surface area (Å²) in [5.41, 5.74) is 3.00. The molecule has 4 atom stereocenters. The number of fused-ring (bicyclic) bond motifs is 3. The Bertz CT molecular complexity index is 1090. The van der Waals surface area contributed by atoms with Crippen molar-refractivity contribution in [3.8, 4) is 5.75 Å². The number of phenols is 1. The summed E-state index contributed by atoms with van der Waals surface area (Å²) in [6.45, 7) is 1.64. The molecule has 0 saturated carbocycles. The van der Waals surface area contributed by atoms with Crippen LogP contribution in [0.3, 0.4) is 0 Å². The number of carbonyl (C=O) groups is 4. The minimum Gasteiger partial charge on any atom is -0.508 e. The van der Waals surface area contributed by atoms with Gasteiger partial charge >= 0.3 is 0 Å². The molecule has 6 heteroatoms. The van der Waals surface area contributed by atoms with E-state index in [1.807, 2.05) is 6.08 Å². The van der Waals surface area contributed by atoms with E-state index >= 15 is 0 Å². The van der Waals surface area contributed by atoms with Gasteiger partial charge in [0.1, 0.15) is 5.75 Å². The molecule has 4 unspecified atom stereocenters. The summed E-state index contributed by atoms with van der Waals surface area (Å²) in [6.07, 6.45) is 4.05. The van der Waals surface area contributed by atoms with E-state index in [0.29, 0.717) is 23.1 Å². The highest BCUT2D eigenvalue weighted by Gasteiger charge is 2.53. The van der Waals surface area contributed by atoms with Gasteiger partial charge < -0.3 is 5.11 Å². The van der Waals surface area contributed by atoms with Gasteiger partial charge in [-0.2, -0.15) is 0 Å². The van der Waals surface area contributed by atoms with Crippen molar-refractivity contribution < 1.29 is 24.3 Å². The first-order valence-corrected chi connectivity index (χ1v) is 9.70. The number of amides is 2. The molecule has 1 fully saturated rings. The van der Waals surface area contributed by atoms with E-state index in [2.05, 4.69) is 5.32 Å². The normalized spacial score (nSPS) is 30.9. The van der Waals surface area contributed by atoms with Gasteiger partial charge in [0, 0.05) is 22.6 Å². The first-order chi connectivity index (χ1) is 13.9. The number of nitrogens with one attached hydrogen (secondary N) is 1. The molecule has 146 valence electrons. The summed E-state index contributed by atoms with van der Waals surface area (Å²) >= 11 is 0. The van der Waals surface area contributed by atoms with Gasteiger partial charge in [-0.3, -0.25) is 24.5 Å². The van der Waals surface area contributed by atoms with Crippen LogP contribution in [0, 0.1) is 17.8 Å². The number of hydrogen-bond acceptors (Lipinski definition) is 5. The van der Waals surface area contributed by atoms with Gasteiger partial charge in [0.25, 0.3) is 0 Å². The minimum atomic E-state index is -0.522. The zero-order chi connectivity index (χ0) is 20.4. The Kier molecular flexibility index (Phi) is 3.75. The average Bonchev–Trinajstić information content (AvgIpc) is 2.99. The van der Waals surface area contributed by atoms with Crippen LogP contribution in [0.4, 0.5) is 0 Å². The number of hydrogen-bond donors (Lipinski definition) is 2. The van der Waals surface area contributed by atoms with Crippen molar-refractivity contribution in [3.63, 3.8) is 0 Å². The zero-order valence-electron chi connectivity index (χ0n) is 15.8. The highest BCUT2D eigenvalue weighted by Crippen LogP contribution is 2.54. The van der Waals surface area contributed by atoms with E-state index in [1.165, 1.54) is 6.08 Å². The van der Waals surface area contributed by atoms with Crippen LogP contribution in [0.5, 0.6) is 5.75 Å². The van der Waals surface area contributed by atoms with Gasteiger partial charge in [0.05, 0.1) is 11.8 Å². The van der Waals surface area contributed by atoms with E-state index < -0.39 is 17.8 Å². The Labute approximate surface area is 167 Å². The molecule has 1 saturated heterocycles. The van der Waals surface area contributed by atoms with E-state index in [9.17, 15) is 24.3 Å². The van der Waals surface area contributed by atoms with Crippen molar-refractivity contribution in [1.82, 2.24) is 5.32 Å². The number of Topliss-reactive ketones (excluding diaryl/α,β-unsaturated/α-hetero) is 1. The Morgan fingerprint density at radius 3 is 2.45 bits per heavy atom. The molecular weight excluding hydrogens is 370 g/mol. The highest BCUT2D eigenvalue weighted by molar-refractivity contribution is 6.23. The smallest absolute Gasteiger partial charge is 0.231 e. The number of benzene rings is 1. The molecule has 0 spiro atoms. The lowest BCUT2D eigenvalue weighted by molar-refractivity contribution is -0.126. The molecule has 1 aromatic carbocycles. The maximum atomic E-state index is 13.1. The molecule has 4 aliphatic rings. The maximum absolute atomic E-state index is 13.1. The largest absolute Gasteiger partial charge is 0.508 e. The second-order valence-corrected chi connectivity index (χ2v) is 8.17. The third kappa shape index (κ3) is 2.48. The lowest BCUT2D eigenvalue weighted by atomic mass is 9.59. The summed E-state index contributed by atoms with van der Waals surface area (Å²) in [5, 5.41) is 12.1. The molecule has 0 bridgehead atoms. The third-order valence-electron chi connectivity index (χ3n) is 6.63. The second kappa shape index (κ2) is 6.11. The predicted molar refractivity (Wildman–Crippen MR) is 103 cm³/mol. The Hall–Kier alpha value is -3.28. The molecule has 5 rings (SSSR count). The number of carbonyl (C=O) groups excluding carboxylic acids is 4. The van der Waals surface area contributed by atoms with Crippen LogP contribution in [-0.2, 0) is 19.2 Å². The van der Waals surface area contributed by atoms with E-state index in [4.69, 9.17) is 0 Å². The van der Waals surface area contributed by atoms with E-state index in [0.717, 1.165) is 11.1 Å². The fourth-order valence-electron chi connectivity index (χ4n) is 5.32. The van der Waals surface area contributed by atoms with Crippen LogP contribution >= 0.6 is 0 Å². The molecule has 1 aromatic rings. The van der Waals surface area contributed by atoms with E-state index in [-0.39, 0.29) is 41.5 Å². The predicted octanol–water partition coefficient (Wildman–Crippen LogP) is 2.11. The number of imide groups is 1. The standard InChI is InChI=1S/C23H19NO5/c1-10-8-17(26)16-9-15-13(6-7-14-19(15)23(29)24-22(14)28)18(20(16)21(10)27)11-2-4-12(25)5-3-11/h2-6,8,14-15,18-19,25H,7,9H2,1H3,(H,24,28,29). The average molecular weight is 389 g/mol. The Morgan fingerprint density at radius 1 is 1.00 bits per heavy atom. The van der Waals surface area contributed by atoms with Crippen LogP contribution < -0.4 is 5.32 Å². The lowest BCUT2D eigenvalue weighted by Crippen LogP contribution is -2.39. The minimum absolute atomic E-state index is 0.107. The number of aromatic hydroxyl groups is 1. The van der Waals surface area contributed by atoms with Gasteiger partial charge in [-0.15, -0.1) is 0 Å². The molecule has 2 N–H and O–H groups in total. The van der Waals surface area contributed by atoms with Crippen LogP contribution in [0.25, 0.3) is 0 Å². The summed E-state index contributed by atoms with van der Waals surface area (Å²) < 4.78 is 0. The van der Waals surface area contributed by atoms with Crippen LogP contribution in [-0.4, -0.2) is 28.5 Å². The summed E-state index contributed by atoms with van der Waals surface area (Å²) in [7, 11) is 0. The van der Waals surface area contributed by atoms with Crippen molar-refractivity contribution in [2.75, 3.05) is 0 Å². The van der Waals surface area contributed by atoms with Crippen molar-refractivity contribution in [2.24, 2.45) is 17.8 Å². The van der Waals surface area contributed by atoms with Crippen LogP contribution in [0.1, 0.15) is 31.2 Å². The first-order valence-electron chi connectivity index (χ1n) is 9.70. The second-order valence-electron chi connectivity index (χ2n) is 8.17. The van der Waals surface area contributed by atoms with Gasteiger partial charge in [0.15, 0.2) is 11.6 Å². The van der Waals surface area contributed by atoms with Crippen molar-refractivity contribution >= 4 is 23.4 Å². The number of allylic oxidation sites excluding steroid dienone is 6. The molecular formula is C23H19NO5. The molecule has 6 nitrogen and oxygen atoms in total. The number of phenolic OH excluding ortho intramolecular Hbond substituents is 1. The van der Waals surface area contributed by atoms with Crippen molar-refractivity contribution in [2.45, 2.75) is 25.7 Å². The topological polar surface area (TPSA) is 101 Å². The van der Waals surface area contributed by atoms with Crippen molar-refractivity contribution in [3.05, 3.63) is 64.3 Å². The SMILES string of the molecule is CC1=CC(=O)C2=C(C1=O)C(c1ccc(O)cc1)C1=CCC3C(=O)NC(=O)C3C1C2. The summed E-state index contributed by atoms with van der Waals surface area (Å²) in [5.74, 6) is -2.54. The Morgan fingerprint density at radius 2 is 1.72 bits per heavy atom. The monoisotopic (exact) mass is 389 g/mol. The molecule has 1 aliphatic heterocycles. The molecule has 29 heavy (non-hydrogen) atoms. The molecule has 1 heterocycles. The van der Waals surface area contributed by atoms with Gasteiger partial charge in [-0.1, -0.05) is 23.8 Å². The van der Waals surface area contributed by atoms with Crippen LogP contribution in [0.2, 0.25) is 0 Å². The first kappa shape index (κ1) is 17.8. The molecule has 0 aromatic heterocycles. The molecule has 3 aliphatic carbocycles. The van der Waals surface area contributed by atoms with Gasteiger partial charge in [0.2, 0.25) is 11.8 Å². The van der Waals surface area contributed by atoms with Gasteiger partial charge in [-0.05, 0) is 49.5 Å².